The topological polar surface area (TPSA) is 41.1 Å². The molecule has 0 fully saturated rings. The Morgan fingerprint density at radius 1 is 1.26 bits per heavy atom. The van der Waals surface area contributed by atoms with Crippen LogP contribution in [0.15, 0.2) is 30.3 Å². The second-order valence-corrected chi connectivity index (χ2v) is 5.69. The highest BCUT2D eigenvalue weighted by molar-refractivity contribution is 5.81. The van der Waals surface area contributed by atoms with Crippen LogP contribution < -0.4 is 10.6 Å². The van der Waals surface area contributed by atoms with E-state index in [0.29, 0.717) is 19.0 Å². The van der Waals surface area contributed by atoms with Crippen molar-refractivity contribution in [3.8, 4) is 0 Å². The van der Waals surface area contributed by atoms with Crippen LogP contribution in [0.25, 0.3) is 0 Å². The molecule has 0 unspecified atom stereocenters. The monoisotopic (exact) mass is 262 g/mol. The molecule has 0 aliphatic rings. The van der Waals surface area contributed by atoms with Crippen molar-refractivity contribution in [2.24, 2.45) is 5.41 Å². The predicted molar refractivity (Wildman–Crippen MR) is 80.2 cm³/mol. The fourth-order valence-corrected chi connectivity index (χ4v) is 1.98. The van der Waals surface area contributed by atoms with E-state index in [9.17, 15) is 4.79 Å². The van der Waals surface area contributed by atoms with Gasteiger partial charge in [0.25, 0.3) is 0 Å². The lowest BCUT2D eigenvalue weighted by Crippen LogP contribution is -2.44. The third kappa shape index (κ3) is 5.03. The SMILES string of the molecule is CCNC(=O)C(C)(C)CNC[C@@H](C)c1ccccc1. The van der Waals surface area contributed by atoms with Gasteiger partial charge in [-0.15, -0.1) is 0 Å². The van der Waals surface area contributed by atoms with Gasteiger partial charge in [-0.2, -0.15) is 0 Å². The molecule has 0 heterocycles. The van der Waals surface area contributed by atoms with E-state index in [2.05, 4.69) is 41.8 Å². The molecule has 1 atom stereocenters. The smallest absolute Gasteiger partial charge is 0.226 e. The van der Waals surface area contributed by atoms with Gasteiger partial charge in [0.1, 0.15) is 0 Å². The molecule has 0 aliphatic heterocycles. The van der Waals surface area contributed by atoms with E-state index in [1.165, 1.54) is 5.56 Å². The molecule has 19 heavy (non-hydrogen) atoms. The number of amides is 1. The Morgan fingerprint density at radius 3 is 2.47 bits per heavy atom. The third-order valence-electron chi connectivity index (χ3n) is 3.34. The van der Waals surface area contributed by atoms with E-state index in [4.69, 9.17) is 0 Å². The van der Waals surface area contributed by atoms with E-state index in [1.807, 2.05) is 26.8 Å². The third-order valence-corrected chi connectivity index (χ3v) is 3.34. The molecule has 2 N–H and O–H groups in total. The first-order valence-corrected chi connectivity index (χ1v) is 7.01. The van der Waals surface area contributed by atoms with E-state index in [-0.39, 0.29) is 11.3 Å². The summed E-state index contributed by atoms with van der Waals surface area (Å²) in [7, 11) is 0. The minimum atomic E-state index is -0.369. The molecule has 106 valence electrons. The zero-order valence-corrected chi connectivity index (χ0v) is 12.5. The molecule has 0 radical (unpaired) electrons. The van der Waals surface area contributed by atoms with Gasteiger partial charge < -0.3 is 10.6 Å². The number of benzene rings is 1. The Morgan fingerprint density at radius 2 is 1.89 bits per heavy atom. The Hall–Kier alpha value is -1.35. The van der Waals surface area contributed by atoms with Crippen LogP contribution in [0.4, 0.5) is 0 Å². The van der Waals surface area contributed by atoms with Crippen LogP contribution >= 0.6 is 0 Å². The van der Waals surface area contributed by atoms with Gasteiger partial charge in [-0.05, 0) is 32.3 Å². The molecule has 1 aromatic carbocycles. The Kier molecular flexibility index (Phi) is 6.03. The van der Waals surface area contributed by atoms with Gasteiger partial charge in [0, 0.05) is 19.6 Å². The maximum absolute atomic E-state index is 11.9. The highest BCUT2D eigenvalue weighted by Gasteiger charge is 2.26. The van der Waals surface area contributed by atoms with E-state index < -0.39 is 0 Å². The van der Waals surface area contributed by atoms with Crippen LogP contribution in [0.3, 0.4) is 0 Å². The summed E-state index contributed by atoms with van der Waals surface area (Å²) in [5, 5.41) is 6.28. The average Bonchev–Trinajstić information content (AvgIpc) is 2.39. The zero-order chi connectivity index (χ0) is 14.3. The Balaban J connectivity index is 2.39. The Bertz CT molecular complexity index is 387. The van der Waals surface area contributed by atoms with Crippen molar-refractivity contribution in [2.45, 2.75) is 33.6 Å². The van der Waals surface area contributed by atoms with Gasteiger partial charge in [-0.1, -0.05) is 37.3 Å². The van der Waals surface area contributed by atoms with E-state index in [0.717, 1.165) is 6.54 Å². The standard InChI is InChI=1S/C16H26N2O/c1-5-18-15(19)16(3,4)12-17-11-13(2)14-9-7-6-8-10-14/h6-10,13,17H,5,11-12H2,1-4H3,(H,18,19)/t13-/m1/s1. The average molecular weight is 262 g/mol. The highest BCUT2D eigenvalue weighted by atomic mass is 16.2. The lowest BCUT2D eigenvalue weighted by atomic mass is 9.91. The van der Waals surface area contributed by atoms with Crippen molar-refractivity contribution in [3.63, 3.8) is 0 Å². The molecule has 0 aromatic heterocycles. The van der Waals surface area contributed by atoms with Crippen LogP contribution in [0.2, 0.25) is 0 Å². The molecule has 0 aliphatic carbocycles. The highest BCUT2D eigenvalue weighted by Crippen LogP contribution is 2.16. The lowest BCUT2D eigenvalue weighted by molar-refractivity contribution is -0.129. The molecule has 1 amide bonds. The van der Waals surface area contributed by atoms with Crippen molar-refractivity contribution < 1.29 is 4.79 Å². The van der Waals surface area contributed by atoms with Crippen molar-refractivity contribution in [3.05, 3.63) is 35.9 Å². The summed E-state index contributed by atoms with van der Waals surface area (Å²) in [6.45, 7) is 10.3. The second kappa shape index (κ2) is 7.29. The van der Waals surface area contributed by atoms with Crippen LogP contribution in [0.5, 0.6) is 0 Å². The van der Waals surface area contributed by atoms with Gasteiger partial charge in [-0.3, -0.25) is 4.79 Å². The van der Waals surface area contributed by atoms with Crippen molar-refractivity contribution in [1.82, 2.24) is 10.6 Å². The van der Waals surface area contributed by atoms with Crippen LogP contribution in [0.1, 0.15) is 39.2 Å². The van der Waals surface area contributed by atoms with Gasteiger partial charge in [0.15, 0.2) is 0 Å². The zero-order valence-electron chi connectivity index (χ0n) is 12.5. The number of nitrogens with one attached hydrogen (secondary N) is 2. The summed E-state index contributed by atoms with van der Waals surface area (Å²) >= 11 is 0. The molecular weight excluding hydrogens is 236 g/mol. The van der Waals surface area contributed by atoms with E-state index >= 15 is 0 Å². The summed E-state index contributed by atoms with van der Waals surface area (Å²) in [5.41, 5.74) is 0.956. The summed E-state index contributed by atoms with van der Waals surface area (Å²) in [6, 6.07) is 10.4. The molecule has 0 saturated heterocycles. The molecule has 3 heteroatoms. The minimum Gasteiger partial charge on any atom is -0.356 e. The molecule has 1 rings (SSSR count). The maximum Gasteiger partial charge on any atom is 0.226 e. The normalized spacial score (nSPS) is 13.1. The number of rotatable bonds is 7. The van der Waals surface area contributed by atoms with Crippen LogP contribution in [-0.2, 0) is 4.79 Å². The number of hydrogen-bond acceptors (Lipinski definition) is 2. The summed E-state index contributed by atoms with van der Waals surface area (Å²) < 4.78 is 0. The second-order valence-electron chi connectivity index (χ2n) is 5.69. The Labute approximate surface area is 116 Å². The molecule has 1 aromatic rings. The fraction of sp³-hybridized carbons (Fsp3) is 0.562. The summed E-state index contributed by atoms with van der Waals surface area (Å²) in [6.07, 6.45) is 0. The molecule has 0 saturated carbocycles. The van der Waals surface area contributed by atoms with Crippen molar-refractivity contribution >= 4 is 5.91 Å². The van der Waals surface area contributed by atoms with Crippen molar-refractivity contribution in [1.29, 1.82) is 0 Å². The lowest BCUT2D eigenvalue weighted by Gasteiger charge is -2.24. The maximum atomic E-state index is 11.9. The first-order chi connectivity index (χ1) is 8.97. The minimum absolute atomic E-state index is 0.106. The molecule has 0 spiro atoms. The number of hydrogen-bond donors (Lipinski definition) is 2. The van der Waals surface area contributed by atoms with Gasteiger partial charge in [-0.25, -0.2) is 0 Å². The summed E-state index contributed by atoms with van der Waals surface area (Å²) in [4.78, 5) is 11.9. The number of carbonyl (C=O) groups excluding carboxylic acids is 1. The van der Waals surface area contributed by atoms with E-state index in [1.54, 1.807) is 0 Å². The first kappa shape index (κ1) is 15.7. The molecule has 0 bridgehead atoms. The van der Waals surface area contributed by atoms with Gasteiger partial charge in [0.05, 0.1) is 5.41 Å². The van der Waals surface area contributed by atoms with Crippen LogP contribution in [0, 0.1) is 5.41 Å². The fourth-order valence-electron chi connectivity index (χ4n) is 1.98. The largest absolute Gasteiger partial charge is 0.356 e. The van der Waals surface area contributed by atoms with Gasteiger partial charge >= 0.3 is 0 Å². The van der Waals surface area contributed by atoms with Crippen molar-refractivity contribution in [2.75, 3.05) is 19.6 Å². The quantitative estimate of drug-likeness (QED) is 0.793. The number of carbonyl (C=O) groups is 1. The first-order valence-electron chi connectivity index (χ1n) is 7.01. The van der Waals surface area contributed by atoms with Crippen LogP contribution in [-0.4, -0.2) is 25.5 Å². The van der Waals surface area contributed by atoms with Gasteiger partial charge in [0.2, 0.25) is 5.91 Å². The molecule has 3 nitrogen and oxygen atoms in total. The predicted octanol–water partition coefficient (Wildman–Crippen LogP) is 2.54. The molecular formula is C16H26N2O. The summed E-state index contributed by atoms with van der Waals surface area (Å²) in [5.74, 6) is 0.557.